The number of nitrogens with zero attached hydrogens (tertiary/aromatic N) is 2. The van der Waals surface area contributed by atoms with Gasteiger partial charge in [-0.05, 0) is 5.56 Å². The minimum atomic E-state index is 0.798. The second kappa shape index (κ2) is 6.33. The van der Waals surface area contributed by atoms with E-state index in [1.54, 1.807) is 0 Å². The summed E-state index contributed by atoms with van der Waals surface area (Å²) in [6, 6.07) is 11.3. The topological polar surface area (TPSA) is 18.5 Å². The molecule has 2 saturated heterocycles. The van der Waals surface area contributed by atoms with E-state index >= 15 is 0 Å². The molecule has 0 radical (unpaired) electrons. The zero-order chi connectivity index (χ0) is 12.9. The lowest BCUT2D eigenvalue weighted by Crippen LogP contribution is -2.62. The van der Waals surface area contributed by atoms with Crippen molar-refractivity contribution < 1.29 is 0 Å². The summed E-state index contributed by atoms with van der Waals surface area (Å²) in [6.07, 6.45) is 4.50. The molecule has 3 heteroatoms. The van der Waals surface area contributed by atoms with Crippen LogP contribution < -0.4 is 5.32 Å². The van der Waals surface area contributed by atoms with E-state index in [1.165, 1.54) is 31.7 Å². The summed E-state index contributed by atoms with van der Waals surface area (Å²) in [4.78, 5) is 5.15. The van der Waals surface area contributed by atoms with Crippen LogP contribution in [0.15, 0.2) is 36.4 Å². The van der Waals surface area contributed by atoms with Gasteiger partial charge in [-0.15, -0.1) is 0 Å². The van der Waals surface area contributed by atoms with Crippen LogP contribution in [0.2, 0.25) is 0 Å². The van der Waals surface area contributed by atoms with E-state index in [9.17, 15) is 0 Å². The fourth-order valence-corrected chi connectivity index (χ4v) is 2.87. The standard InChI is InChI=1S/C16H23N3/c1-2-5-15(6-3-1)7-4-10-18-13-16(14-18)19-11-8-17-9-12-19/h1-7,16-17H,8-14H2. The molecular formula is C16H23N3. The van der Waals surface area contributed by atoms with Crippen molar-refractivity contribution in [3.8, 4) is 0 Å². The van der Waals surface area contributed by atoms with Crippen LogP contribution in [-0.2, 0) is 0 Å². The first-order chi connectivity index (χ1) is 9.42. The molecule has 0 atom stereocenters. The molecule has 0 bridgehead atoms. The summed E-state index contributed by atoms with van der Waals surface area (Å²) < 4.78 is 0. The fraction of sp³-hybridized carbons (Fsp3) is 0.500. The van der Waals surface area contributed by atoms with E-state index in [2.05, 4.69) is 57.6 Å². The predicted molar refractivity (Wildman–Crippen MR) is 80.1 cm³/mol. The third-order valence-corrected chi connectivity index (χ3v) is 4.08. The summed E-state index contributed by atoms with van der Waals surface area (Å²) in [5, 5.41) is 3.41. The lowest BCUT2D eigenvalue weighted by atomic mass is 10.1. The Bertz CT molecular complexity index is 403. The molecule has 3 rings (SSSR count). The maximum Gasteiger partial charge on any atom is 0.0351 e. The summed E-state index contributed by atoms with van der Waals surface area (Å²) in [5.41, 5.74) is 1.29. The van der Waals surface area contributed by atoms with Crippen LogP contribution in [0.1, 0.15) is 5.56 Å². The molecule has 1 aromatic rings. The fourth-order valence-electron chi connectivity index (χ4n) is 2.87. The lowest BCUT2D eigenvalue weighted by Gasteiger charge is -2.46. The summed E-state index contributed by atoms with van der Waals surface area (Å²) in [6.45, 7) is 8.31. The van der Waals surface area contributed by atoms with Gasteiger partial charge >= 0.3 is 0 Å². The van der Waals surface area contributed by atoms with Crippen molar-refractivity contribution in [2.45, 2.75) is 6.04 Å². The second-order valence-corrected chi connectivity index (χ2v) is 5.47. The van der Waals surface area contributed by atoms with Crippen LogP contribution in [0.5, 0.6) is 0 Å². The zero-order valence-electron chi connectivity index (χ0n) is 11.5. The molecule has 0 aliphatic carbocycles. The SMILES string of the molecule is C(=Cc1ccccc1)CN1CC(N2CCNCC2)C1. The normalized spacial score (nSPS) is 22.7. The molecular weight excluding hydrogens is 234 g/mol. The first kappa shape index (κ1) is 12.9. The van der Waals surface area contributed by atoms with Gasteiger partial charge in [0.15, 0.2) is 0 Å². The summed E-state index contributed by atoms with van der Waals surface area (Å²) in [5.74, 6) is 0. The van der Waals surface area contributed by atoms with Crippen molar-refractivity contribution in [1.29, 1.82) is 0 Å². The molecule has 2 aliphatic rings. The van der Waals surface area contributed by atoms with Gasteiger partial charge in [0.1, 0.15) is 0 Å². The number of hydrogen-bond donors (Lipinski definition) is 1. The third kappa shape index (κ3) is 3.44. The highest BCUT2D eigenvalue weighted by Gasteiger charge is 2.31. The number of rotatable bonds is 4. The van der Waals surface area contributed by atoms with Gasteiger partial charge in [0.25, 0.3) is 0 Å². The van der Waals surface area contributed by atoms with Crippen molar-refractivity contribution in [1.82, 2.24) is 15.1 Å². The summed E-state index contributed by atoms with van der Waals surface area (Å²) >= 11 is 0. The molecule has 0 spiro atoms. The Hall–Kier alpha value is -1.16. The highest BCUT2D eigenvalue weighted by Crippen LogP contribution is 2.15. The molecule has 2 heterocycles. The van der Waals surface area contributed by atoms with Crippen LogP contribution in [0.4, 0.5) is 0 Å². The van der Waals surface area contributed by atoms with Crippen molar-refractivity contribution in [2.24, 2.45) is 0 Å². The monoisotopic (exact) mass is 257 g/mol. The molecule has 0 saturated carbocycles. The van der Waals surface area contributed by atoms with Gasteiger partial charge in [0.05, 0.1) is 0 Å². The van der Waals surface area contributed by atoms with Crippen LogP contribution in [0.25, 0.3) is 6.08 Å². The van der Waals surface area contributed by atoms with E-state index in [0.717, 1.165) is 25.7 Å². The number of benzene rings is 1. The van der Waals surface area contributed by atoms with E-state index in [4.69, 9.17) is 0 Å². The number of nitrogens with one attached hydrogen (secondary N) is 1. The van der Waals surface area contributed by atoms with Crippen molar-refractivity contribution >= 4 is 6.08 Å². The highest BCUT2D eigenvalue weighted by atomic mass is 15.3. The molecule has 2 aliphatic heterocycles. The Kier molecular flexibility index (Phi) is 4.28. The average Bonchev–Trinajstić information content (AvgIpc) is 2.43. The van der Waals surface area contributed by atoms with Crippen molar-refractivity contribution in [3.63, 3.8) is 0 Å². The van der Waals surface area contributed by atoms with Gasteiger partial charge in [-0.2, -0.15) is 0 Å². The van der Waals surface area contributed by atoms with Gasteiger partial charge in [-0.1, -0.05) is 42.5 Å². The largest absolute Gasteiger partial charge is 0.314 e. The third-order valence-electron chi connectivity index (χ3n) is 4.08. The molecule has 1 aromatic carbocycles. The van der Waals surface area contributed by atoms with E-state index in [-0.39, 0.29) is 0 Å². The zero-order valence-corrected chi connectivity index (χ0v) is 11.5. The van der Waals surface area contributed by atoms with Gasteiger partial charge in [0, 0.05) is 51.9 Å². The van der Waals surface area contributed by atoms with Gasteiger partial charge in [-0.3, -0.25) is 9.80 Å². The molecule has 0 aromatic heterocycles. The van der Waals surface area contributed by atoms with Crippen LogP contribution in [0.3, 0.4) is 0 Å². The Morgan fingerprint density at radius 1 is 1.11 bits per heavy atom. The van der Waals surface area contributed by atoms with Crippen LogP contribution >= 0.6 is 0 Å². The maximum atomic E-state index is 3.41. The highest BCUT2D eigenvalue weighted by molar-refractivity contribution is 5.48. The summed E-state index contributed by atoms with van der Waals surface area (Å²) in [7, 11) is 0. The first-order valence-corrected chi connectivity index (χ1v) is 7.30. The number of piperazine rings is 1. The van der Waals surface area contributed by atoms with E-state index in [1.807, 2.05) is 0 Å². The lowest BCUT2D eigenvalue weighted by molar-refractivity contribution is 0.0351. The number of hydrogen-bond acceptors (Lipinski definition) is 3. The van der Waals surface area contributed by atoms with Gasteiger partial charge in [-0.25, -0.2) is 0 Å². The van der Waals surface area contributed by atoms with Crippen molar-refractivity contribution in [2.75, 3.05) is 45.8 Å². The van der Waals surface area contributed by atoms with Gasteiger partial charge in [0.2, 0.25) is 0 Å². The van der Waals surface area contributed by atoms with E-state index in [0.29, 0.717) is 0 Å². The molecule has 1 N–H and O–H groups in total. The maximum absolute atomic E-state index is 3.41. The van der Waals surface area contributed by atoms with Gasteiger partial charge < -0.3 is 5.32 Å². The van der Waals surface area contributed by atoms with Crippen molar-refractivity contribution in [3.05, 3.63) is 42.0 Å². The Labute approximate surface area is 115 Å². The smallest absolute Gasteiger partial charge is 0.0351 e. The molecule has 2 fully saturated rings. The van der Waals surface area contributed by atoms with E-state index < -0.39 is 0 Å². The Morgan fingerprint density at radius 3 is 2.58 bits per heavy atom. The molecule has 102 valence electrons. The van der Waals surface area contributed by atoms with Crippen LogP contribution in [0, 0.1) is 0 Å². The molecule has 0 unspecified atom stereocenters. The molecule has 0 amide bonds. The predicted octanol–water partition coefficient (Wildman–Crippen LogP) is 1.29. The molecule has 3 nitrogen and oxygen atoms in total. The Balaban J connectivity index is 1.38. The second-order valence-electron chi connectivity index (χ2n) is 5.47. The average molecular weight is 257 g/mol. The Morgan fingerprint density at radius 2 is 1.84 bits per heavy atom. The minimum Gasteiger partial charge on any atom is -0.314 e. The first-order valence-electron chi connectivity index (χ1n) is 7.30. The molecule has 19 heavy (non-hydrogen) atoms. The quantitative estimate of drug-likeness (QED) is 0.877. The minimum absolute atomic E-state index is 0.798. The van der Waals surface area contributed by atoms with Crippen LogP contribution in [-0.4, -0.2) is 61.7 Å². The number of likely N-dealkylation sites (tertiary alicyclic amines) is 1.